The largest absolute Gasteiger partial charge is 0.352 e. The van der Waals surface area contributed by atoms with Crippen molar-refractivity contribution < 1.29 is 22.0 Å². The first-order valence-electron chi connectivity index (χ1n) is 10.6. The fourth-order valence-corrected chi connectivity index (χ4v) is 5.76. The van der Waals surface area contributed by atoms with E-state index < -0.39 is 39.6 Å². The van der Waals surface area contributed by atoms with Gasteiger partial charge in [0, 0.05) is 37.7 Å². The second-order valence-electron chi connectivity index (χ2n) is 8.35. The summed E-state index contributed by atoms with van der Waals surface area (Å²) in [6, 6.07) is 7.37. The SMILES string of the molecule is CCc1ccc2c(c1)C(NCC(N)[C@H](Cc1cc(F)cc(F)c1)NC(C)=O)CS(=O)(=O)C2. The van der Waals surface area contributed by atoms with Crippen LogP contribution in [0.3, 0.4) is 0 Å². The standard InChI is InChI=1S/C23H29F2N3O3S/c1-3-15-4-5-17-12-32(30,31)13-23(20(17)8-15)27-11-21(26)22(28-14(2)29)9-16-6-18(24)10-19(25)7-16/h4-8,10,21-23,27H,3,9,11-13,26H2,1-2H3,(H,28,29)/t21?,22-,23?/m0/s1. The topological polar surface area (TPSA) is 101 Å². The quantitative estimate of drug-likeness (QED) is 0.555. The zero-order valence-electron chi connectivity index (χ0n) is 18.2. The number of benzene rings is 2. The molecule has 3 rings (SSSR count). The van der Waals surface area contributed by atoms with Crippen LogP contribution < -0.4 is 16.4 Å². The van der Waals surface area contributed by atoms with Gasteiger partial charge in [0.2, 0.25) is 5.91 Å². The molecule has 0 aliphatic carbocycles. The van der Waals surface area contributed by atoms with Crippen LogP contribution >= 0.6 is 0 Å². The molecule has 0 fully saturated rings. The van der Waals surface area contributed by atoms with Crippen molar-refractivity contribution in [3.05, 3.63) is 70.3 Å². The van der Waals surface area contributed by atoms with Gasteiger partial charge in [0.15, 0.2) is 9.84 Å². The van der Waals surface area contributed by atoms with Gasteiger partial charge in [-0.05, 0) is 47.2 Å². The first-order chi connectivity index (χ1) is 15.1. The fourth-order valence-electron chi connectivity index (χ4n) is 4.10. The van der Waals surface area contributed by atoms with Gasteiger partial charge < -0.3 is 16.4 Å². The van der Waals surface area contributed by atoms with Crippen molar-refractivity contribution in [2.75, 3.05) is 12.3 Å². The predicted octanol–water partition coefficient (Wildman–Crippen LogP) is 2.16. The van der Waals surface area contributed by atoms with Crippen molar-refractivity contribution in [3.8, 4) is 0 Å². The van der Waals surface area contributed by atoms with Crippen molar-refractivity contribution in [3.63, 3.8) is 0 Å². The number of nitrogens with two attached hydrogens (primary N) is 1. The van der Waals surface area contributed by atoms with Crippen LogP contribution in [0.1, 0.15) is 42.1 Å². The molecule has 0 spiro atoms. The molecule has 1 aliphatic heterocycles. The number of nitrogens with one attached hydrogen (secondary N) is 2. The minimum Gasteiger partial charge on any atom is -0.352 e. The third kappa shape index (κ3) is 6.34. The molecule has 0 radical (unpaired) electrons. The molecule has 0 bridgehead atoms. The maximum atomic E-state index is 13.6. The molecule has 6 nitrogen and oxygen atoms in total. The maximum absolute atomic E-state index is 13.6. The molecule has 2 unspecified atom stereocenters. The lowest BCUT2D eigenvalue weighted by Crippen LogP contribution is -2.53. The van der Waals surface area contributed by atoms with Gasteiger partial charge in [-0.2, -0.15) is 0 Å². The van der Waals surface area contributed by atoms with Gasteiger partial charge in [-0.3, -0.25) is 4.79 Å². The van der Waals surface area contributed by atoms with Crippen molar-refractivity contribution in [1.82, 2.24) is 10.6 Å². The zero-order chi connectivity index (χ0) is 23.5. The van der Waals surface area contributed by atoms with Gasteiger partial charge in [0.25, 0.3) is 0 Å². The summed E-state index contributed by atoms with van der Waals surface area (Å²) in [4.78, 5) is 11.7. The summed E-state index contributed by atoms with van der Waals surface area (Å²) < 4.78 is 52.0. The number of amides is 1. The summed E-state index contributed by atoms with van der Waals surface area (Å²) >= 11 is 0. The van der Waals surface area contributed by atoms with Crippen LogP contribution in [0, 0.1) is 11.6 Å². The zero-order valence-corrected chi connectivity index (χ0v) is 19.0. The number of halogens is 2. The van der Waals surface area contributed by atoms with Gasteiger partial charge in [-0.15, -0.1) is 0 Å². The van der Waals surface area contributed by atoms with E-state index in [1.807, 2.05) is 25.1 Å². The van der Waals surface area contributed by atoms with Gasteiger partial charge in [0.05, 0.1) is 11.5 Å². The summed E-state index contributed by atoms with van der Waals surface area (Å²) in [6.45, 7) is 3.58. The van der Waals surface area contributed by atoms with E-state index in [0.717, 1.165) is 29.2 Å². The summed E-state index contributed by atoms with van der Waals surface area (Å²) in [6.07, 6.45) is 0.970. The van der Waals surface area contributed by atoms with Gasteiger partial charge in [-0.1, -0.05) is 25.1 Å². The second-order valence-corrected chi connectivity index (χ2v) is 10.5. The molecule has 3 atom stereocenters. The molecule has 1 aliphatic rings. The molecule has 1 heterocycles. The molecule has 4 N–H and O–H groups in total. The van der Waals surface area contributed by atoms with Gasteiger partial charge >= 0.3 is 0 Å². The van der Waals surface area contributed by atoms with E-state index in [1.165, 1.54) is 19.1 Å². The lowest BCUT2D eigenvalue weighted by molar-refractivity contribution is -0.119. The van der Waals surface area contributed by atoms with E-state index in [-0.39, 0.29) is 30.4 Å². The average Bonchev–Trinajstić information content (AvgIpc) is 2.69. The van der Waals surface area contributed by atoms with Crippen LogP contribution in [0.5, 0.6) is 0 Å². The summed E-state index contributed by atoms with van der Waals surface area (Å²) in [7, 11) is -3.27. The normalized spacial score (nSPS) is 19.1. The van der Waals surface area contributed by atoms with Crippen molar-refractivity contribution >= 4 is 15.7 Å². The van der Waals surface area contributed by atoms with E-state index >= 15 is 0 Å². The molecule has 0 saturated heterocycles. The monoisotopic (exact) mass is 465 g/mol. The van der Waals surface area contributed by atoms with E-state index in [0.29, 0.717) is 5.56 Å². The third-order valence-electron chi connectivity index (χ3n) is 5.67. The summed E-state index contributed by atoms with van der Waals surface area (Å²) in [5, 5.41) is 5.98. The van der Waals surface area contributed by atoms with E-state index in [4.69, 9.17) is 5.73 Å². The number of sulfone groups is 1. The Kier molecular flexibility index (Phi) is 7.63. The minimum absolute atomic E-state index is 0.0101. The Balaban J connectivity index is 1.76. The molecule has 0 saturated carbocycles. The number of fused-ring (bicyclic) bond motifs is 1. The fraction of sp³-hybridized carbons (Fsp3) is 0.435. The van der Waals surface area contributed by atoms with Crippen LogP contribution in [0.4, 0.5) is 8.78 Å². The summed E-state index contributed by atoms with van der Waals surface area (Å²) in [5.74, 6) is -1.76. The van der Waals surface area contributed by atoms with Crippen molar-refractivity contribution in [2.45, 2.75) is 50.6 Å². The van der Waals surface area contributed by atoms with Crippen LogP contribution in [0.2, 0.25) is 0 Å². The van der Waals surface area contributed by atoms with Crippen molar-refractivity contribution in [1.29, 1.82) is 0 Å². The first kappa shape index (κ1) is 24.3. The molecule has 0 aromatic heterocycles. The maximum Gasteiger partial charge on any atom is 0.217 e. The molecule has 174 valence electrons. The van der Waals surface area contributed by atoms with Gasteiger partial charge in [0.1, 0.15) is 11.6 Å². The molecular formula is C23H29F2N3O3S. The Morgan fingerprint density at radius 3 is 2.47 bits per heavy atom. The van der Waals surface area contributed by atoms with Crippen LogP contribution in [-0.2, 0) is 33.2 Å². The molecular weight excluding hydrogens is 436 g/mol. The number of aryl methyl sites for hydroxylation is 1. The Hall–Kier alpha value is -2.36. The highest BCUT2D eigenvalue weighted by Crippen LogP contribution is 2.29. The van der Waals surface area contributed by atoms with E-state index in [1.54, 1.807) is 0 Å². The number of hydrogen-bond acceptors (Lipinski definition) is 5. The van der Waals surface area contributed by atoms with Crippen LogP contribution in [-0.4, -0.2) is 38.7 Å². The highest BCUT2D eigenvalue weighted by atomic mass is 32.2. The average molecular weight is 466 g/mol. The van der Waals surface area contributed by atoms with E-state index in [9.17, 15) is 22.0 Å². The number of rotatable bonds is 8. The molecule has 1 amide bonds. The Labute approximate surface area is 187 Å². The lowest BCUT2D eigenvalue weighted by atomic mass is 9.96. The first-order valence-corrected chi connectivity index (χ1v) is 12.4. The Bertz CT molecular complexity index is 1070. The minimum atomic E-state index is -3.27. The van der Waals surface area contributed by atoms with Crippen molar-refractivity contribution in [2.24, 2.45) is 5.73 Å². The lowest BCUT2D eigenvalue weighted by Gasteiger charge is -2.30. The number of carbonyl (C=O) groups is 1. The highest BCUT2D eigenvalue weighted by Gasteiger charge is 2.31. The molecule has 32 heavy (non-hydrogen) atoms. The second kappa shape index (κ2) is 10.1. The third-order valence-corrected chi connectivity index (χ3v) is 7.27. The highest BCUT2D eigenvalue weighted by molar-refractivity contribution is 7.90. The number of carbonyl (C=O) groups excluding carboxylic acids is 1. The van der Waals surface area contributed by atoms with Gasteiger partial charge in [-0.25, -0.2) is 17.2 Å². The molecule has 2 aromatic rings. The van der Waals surface area contributed by atoms with Crippen LogP contribution in [0.15, 0.2) is 36.4 Å². The van der Waals surface area contributed by atoms with E-state index in [2.05, 4.69) is 10.6 Å². The predicted molar refractivity (Wildman–Crippen MR) is 120 cm³/mol. The van der Waals surface area contributed by atoms with Crippen LogP contribution in [0.25, 0.3) is 0 Å². The molecule has 9 heteroatoms. The summed E-state index contributed by atoms with van der Waals surface area (Å²) in [5.41, 5.74) is 9.53. The smallest absolute Gasteiger partial charge is 0.217 e. The molecule has 2 aromatic carbocycles. The Morgan fingerprint density at radius 2 is 1.84 bits per heavy atom. The number of hydrogen-bond donors (Lipinski definition) is 3. The Morgan fingerprint density at radius 1 is 1.16 bits per heavy atom.